The van der Waals surface area contributed by atoms with Crippen molar-refractivity contribution in [1.29, 1.82) is 0 Å². The average Bonchev–Trinajstić information content (AvgIpc) is 3.54. The third kappa shape index (κ3) is 4.92. The number of hydrogen-bond acceptors (Lipinski definition) is 6. The summed E-state index contributed by atoms with van der Waals surface area (Å²) in [5.41, 5.74) is -0.185. The topological polar surface area (TPSA) is 96.4 Å². The van der Waals surface area contributed by atoms with Crippen LogP contribution in [-0.4, -0.2) is 76.2 Å². The zero-order chi connectivity index (χ0) is 27.4. The molecule has 1 N–H and O–H groups in total. The molecule has 8 nitrogen and oxygen atoms in total. The largest absolute Gasteiger partial charge is 0.465 e. The van der Waals surface area contributed by atoms with Gasteiger partial charge in [0.25, 0.3) is 0 Å². The zero-order valence-electron chi connectivity index (χ0n) is 22.5. The van der Waals surface area contributed by atoms with Gasteiger partial charge < -0.3 is 24.4 Å². The van der Waals surface area contributed by atoms with Crippen molar-refractivity contribution in [2.75, 3.05) is 19.8 Å². The Labute approximate surface area is 225 Å². The lowest BCUT2D eigenvalue weighted by atomic mass is 9.70. The van der Waals surface area contributed by atoms with Crippen LogP contribution in [0.25, 0.3) is 0 Å². The number of aliphatic hydroxyl groups is 1. The third-order valence-corrected chi connectivity index (χ3v) is 8.23. The highest BCUT2D eigenvalue weighted by atomic mass is 16.6. The van der Waals surface area contributed by atoms with Crippen LogP contribution >= 0.6 is 0 Å². The van der Waals surface area contributed by atoms with Gasteiger partial charge >= 0.3 is 5.97 Å². The Hall–Kier alpha value is -2.97. The van der Waals surface area contributed by atoms with E-state index in [1.807, 2.05) is 44.2 Å². The molecule has 1 aromatic rings. The van der Waals surface area contributed by atoms with Crippen LogP contribution in [0, 0.1) is 17.8 Å². The summed E-state index contributed by atoms with van der Waals surface area (Å²) >= 11 is 0. The molecule has 2 unspecified atom stereocenters. The summed E-state index contributed by atoms with van der Waals surface area (Å²) in [5, 5.41) is 10.3. The summed E-state index contributed by atoms with van der Waals surface area (Å²) in [7, 11) is 0. The summed E-state index contributed by atoms with van der Waals surface area (Å²) in [4.78, 5) is 45.0. The Morgan fingerprint density at radius 2 is 2.00 bits per heavy atom. The number of aliphatic hydroxyl groups excluding tert-OH is 1. The number of nitrogens with zero attached hydrogens (tertiary/aromatic N) is 2. The number of likely N-dealkylation sites (tertiary alicyclic amines) is 1. The van der Waals surface area contributed by atoms with E-state index in [1.54, 1.807) is 17.1 Å². The van der Waals surface area contributed by atoms with E-state index in [2.05, 4.69) is 13.2 Å². The molecule has 38 heavy (non-hydrogen) atoms. The van der Waals surface area contributed by atoms with E-state index in [4.69, 9.17) is 9.47 Å². The summed E-state index contributed by atoms with van der Waals surface area (Å²) < 4.78 is 12.1. The van der Waals surface area contributed by atoms with Gasteiger partial charge in [-0.1, -0.05) is 56.3 Å². The second-order valence-electron chi connectivity index (χ2n) is 10.9. The molecule has 1 aromatic carbocycles. The molecule has 2 amide bonds. The maximum Gasteiger partial charge on any atom is 0.312 e. The average molecular weight is 525 g/mol. The Balaban J connectivity index is 1.70. The molecule has 4 rings (SSSR count). The first-order valence-electron chi connectivity index (χ1n) is 13.6. The minimum atomic E-state index is -1.14. The van der Waals surface area contributed by atoms with E-state index >= 15 is 0 Å². The standard InChI is InChI=1S/C30H40N2O6/c1-5-7-11-17-37-29(36)24-23-14-15-30(38-23)25(24)27(34)32(22(19-33)20(3)4)26(30)28(35)31(16-6-2)18-21-12-9-8-10-13-21/h5-6,8-10,12-13,20,22-26,33H,1-2,7,11,14-19H2,3-4H3/t22-,23+,24-,25-,26?,30?/m0/s1. The van der Waals surface area contributed by atoms with E-state index in [-0.39, 0.29) is 37.5 Å². The molecule has 3 aliphatic rings. The van der Waals surface area contributed by atoms with Gasteiger partial charge in [-0.25, -0.2) is 0 Å². The van der Waals surface area contributed by atoms with Gasteiger partial charge in [-0.2, -0.15) is 0 Å². The minimum absolute atomic E-state index is 0.113. The van der Waals surface area contributed by atoms with Crippen LogP contribution < -0.4 is 0 Å². The van der Waals surface area contributed by atoms with Crippen molar-refractivity contribution in [3.8, 4) is 0 Å². The lowest BCUT2D eigenvalue weighted by molar-refractivity contribution is -0.157. The second kappa shape index (κ2) is 11.8. The van der Waals surface area contributed by atoms with Crippen molar-refractivity contribution >= 4 is 17.8 Å². The molecular weight excluding hydrogens is 484 g/mol. The number of rotatable bonds is 13. The van der Waals surface area contributed by atoms with E-state index < -0.39 is 41.6 Å². The predicted octanol–water partition coefficient (Wildman–Crippen LogP) is 3.10. The number of amides is 2. The number of benzene rings is 1. The molecule has 0 radical (unpaired) electrons. The second-order valence-corrected chi connectivity index (χ2v) is 10.9. The Morgan fingerprint density at radius 3 is 2.63 bits per heavy atom. The zero-order valence-corrected chi connectivity index (χ0v) is 22.5. The van der Waals surface area contributed by atoms with Gasteiger partial charge in [-0.15, -0.1) is 13.2 Å². The van der Waals surface area contributed by atoms with E-state index in [9.17, 15) is 19.5 Å². The number of ether oxygens (including phenoxy) is 2. The molecule has 3 aliphatic heterocycles. The first kappa shape index (κ1) is 28.0. The lowest BCUT2D eigenvalue weighted by Crippen LogP contribution is -2.59. The highest BCUT2D eigenvalue weighted by Crippen LogP contribution is 2.59. The maximum absolute atomic E-state index is 14.4. The fourth-order valence-electron chi connectivity index (χ4n) is 6.48. The van der Waals surface area contributed by atoms with Crippen molar-refractivity contribution < 1.29 is 29.0 Å². The molecular formula is C30H40N2O6. The van der Waals surface area contributed by atoms with Gasteiger partial charge in [0, 0.05) is 13.1 Å². The molecule has 206 valence electrons. The van der Waals surface area contributed by atoms with Crippen LogP contribution in [0.1, 0.15) is 45.1 Å². The Bertz CT molecular complexity index is 1040. The van der Waals surface area contributed by atoms with Crippen LogP contribution in [0.15, 0.2) is 55.6 Å². The van der Waals surface area contributed by atoms with Crippen LogP contribution in [0.4, 0.5) is 0 Å². The maximum atomic E-state index is 14.4. The number of fused-ring (bicyclic) bond motifs is 1. The van der Waals surface area contributed by atoms with Crippen molar-refractivity contribution in [3.05, 3.63) is 61.2 Å². The van der Waals surface area contributed by atoms with Crippen LogP contribution in [-0.2, 0) is 30.4 Å². The van der Waals surface area contributed by atoms with Gasteiger partial charge in [0.1, 0.15) is 11.6 Å². The predicted molar refractivity (Wildman–Crippen MR) is 143 cm³/mol. The molecule has 0 aromatic heterocycles. The van der Waals surface area contributed by atoms with Gasteiger partial charge in [0.05, 0.1) is 37.2 Å². The molecule has 6 atom stereocenters. The van der Waals surface area contributed by atoms with Crippen LogP contribution in [0.3, 0.4) is 0 Å². The Kier molecular flexibility index (Phi) is 8.73. The summed E-state index contributed by atoms with van der Waals surface area (Å²) in [6.45, 7) is 11.9. The monoisotopic (exact) mass is 524 g/mol. The first-order chi connectivity index (χ1) is 18.3. The molecule has 0 aliphatic carbocycles. The lowest BCUT2D eigenvalue weighted by Gasteiger charge is -2.40. The fourth-order valence-corrected chi connectivity index (χ4v) is 6.48. The van der Waals surface area contributed by atoms with Crippen molar-refractivity contribution in [2.24, 2.45) is 17.8 Å². The first-order valence-corrected chi connectivity index (χ1v) is 13.6. The van der Waals surface area contributed by atoms with Gasteiger partial charge in [-0.3, -0.25) is 14.4 Å². The summed E-state index contributed by atoms with van der Waals surface area (Å²) in [6, 6.07) is 8.10. The molecule has 8 heteroatoms. The quantitative estimate of drug-likeness (QED) is 0.242. The minimum Gasteiger partial charge on any atom is -0.465 e. The van der Waals surface area contributed by atoms with E-state index in [1.165, 1.54) is 4.90 Å². The highest BCUT2D eigenvalue weighted by molar-refractivity contribution is 5.98. The smallest absolute Gasteiger partial charge is 0.312 e. The van der Waals surface area contributed by atoms with E-state index in [0.717, 1.165) is 12.0 Å². The van der Waals surface area contributed by atoms with Crippen LogP contribution in [0.2, 0.25) is 0 Å². The molecule has 3 fully saturated rings. The van der Waals surface area contributed by atoms with Crippen LogP contribution in [0.5, 0.6) is 0 Å². The molecule has 0 saturated carbocycles. The number of esters is 1. The normalized spacial score (nSPS) is 28.3. The number of hydrogen-bond donors (Lipinski definition) is 1. The summed E-state index contributed by atoms with van der Waals surface area (Å²) in [5.74, 6) is -2.73. The number of allylic oxidation sites excluding steroid dienone is 1. The summed E-state index contributed by atoms with van der Waals surface area (Å²) in [6.07, 6.45) is 5.40. The third-order valence-electron chi connectivity index (χ3n) is 8.23. The number of unbranched alkanes of at least 4 members (excludes halogenated alkanes) is 1. The van der Waals surface area contributed by atoms with Crippen molar-refractivity contribution in [2.45, 2.75) is 69.9 Å². The van der Waals surface area contributed by atoms with Gasteiger partial charge in [0.2, 0.25) is 11.8 Å². The molecule has 1 spiro atoms. The fraction of sp³-hybridized carbons (Fsp3) is 0.567. The van der Waals surface area contributed by atoms with Gasteiger partial charge in [-0.05, 0) is 37.2 Å². The SMILES string of the molecule is C=CCCCOC(=O)[C@@H]1[C@H]2C(=O)N([C@@H](CO)C(C)C)C(C(=O)N(CC=C)Cc3ccccc3)C23CC[C@H]1O3. The number of carbonyl (C=O) groups is 3. The molecule has 3 saturated heterocycles. The van der Waals surface area contributed by atoms with Crippen molar-refractivity contribution in [3.63, 3.8) is 0 Å². The highest BCUT2D eigenvalue weighted by Gasteiger charge is 2.75. The molecule has 2 bridgehead atoms. The Morgan fingerprint density at radius 1 is 1.26 bits per heavy atom. The van der Waals surface area contributed by atoms with Gasteiger partial charge in [0.15, 0.2) is 0 Å². The van der Waals surface area contributed by atoms with Crippen molar-refractivity contribution in [1.82, 2.24) is 9.80 Å². The molecule has 3 heterocycles. The van der Waals surface area contributed by atoms with E-state index in [0.29, 0.717) is 25.8 Å². The number of carbonyl (C=O) groups excluding carboxylic acids is 3.